The van der Waals surface area contributed by atoms with E-state index in [1.165, 1.54) is 0 Å². The lowest BCUT2D eigenvalue weighted by Crippen LogP contribution is -2.41. The van der Waals surface area contributed by atoms with Gasteiger partial charge in [-0.05, 0) is 50.1 Å². The molecule has 0 aromatic heterocycles. The standard InChI is InChI=1S/C20H22ClNO2/c1-13-4-9-16-17(12-20(2,3)24-18(16)10-13)22-19(23)11-14-5-7-15(21)8-6-14/h4-10,17H,11-12H2,1-3H3,(H,22,23)/t17-/m0/s1. The van der Waals surface area contributed by atoms with E-state index in [9.17, 15) is 4.79 Å². The van der Waals surface area contributed by atoms with E-state index in [0.717, 1.165) is 28.9 Å². The van der Waals surface area contributed by atoms with Crippen LogP contribution in [0.4, 0.5) is 0 Å². The van der Waals surface area contributed by atoms with Gasteiger partial charge >= 0.3 is 0 Å². The van der Waals surface area contributed by atoms with E-state index >= 15 is 0 Å². The average Bonchev–Trinajstić information content (AvgIpc) is 2.48. The van der Waals surface area contributed by atoms with Gasteiger partial charge in [0.05, 0.1) is 12.5 Å². The molecule has 1 aliphatic rings. The molecule has 4 heteroatoms. The molecule has 1 atom stereocenters. The van der Waals surface area contributed by atoms with Gasteiger partial charge < -0.3 is 10.1 Å². The van der Waals surface area contributed by atoms with Gasteiger partial charge in [0.25, 0.3) is 0 Å². The molecule has 1 N–H and O–H groups in total. The largest absolute Gasteiger partial charge is 0.487 e. The smallest absolute Gasteiger partial charge is 0.224 e. The van der Waals surface area contributed by atoms with Crippen LogP contribution in [-0.4, -0.2) is 11.5 Å². The molecule has 1 heterocycles. The van der Waals surface area contributed by atoms with Gasteiger partial charge in [-0.15, -0.1) is 0 Å². The van der Waals surface area contributed by atoms with Gasteiger partial charge in [0.1, 0.15) is 11.4 Å². The fourth-order valence-corrected chi connectivity index (χ4v) is 3.25. The molecule has 0 bridgehead atoms. The van der Waals surface area contributed by atoms with Crippen LogP contribution in [0.2, 0.25) is 5.02 Å². The Labute approximate surface area is 148 Å². The molecule has 24 heavy (non-hydrogen) atoms. The van der Waals surface area contributed by atoms with Crippen molar-refractivity contribution in [2.75, 3.05) is 0 Å². The maximum Gasteiger partial charge on any atom is 0.224 e. The minimum Gasteiger partial charge on any atom is -0.487 e. The molecule has 0 spiro atoms. The predicted octanol–water partition coefficient (Wildman–Crippen LogP) is 4.61. The van der Waals surface area contributed by atoms with Crippen LogP contribution in [0.15, 0.2) is 42.5 Å². The summed E-state index contributed by atoms with van der Waals surface area (Å²) in [6, 6.07) is 13.5. The summed E-state index contributed by atoms with van der Waals surface area (Å²) in [6.07, 6.45) is 1.09. The Balaban J connectivity index is 1.76. The molecule has 3 nitrogen and oxygen atoms in total. The quantitative estimate of drug-likeness (QED) is 0.883. The van der Waals surface area contributed by atoms with Crippen LogP contribution in [-0.2, 0) is 11.2 Å². The maximum absolute atomic E-state index is 12.5. The number of fused-ring (bicyclic) bond motifs is 1. The van der Waals surface area contributed by atoms with Crippen LogP contribution >= 0.6 is 11.6 Å². The zero-order valence-electron chi connectivity index (χ0n) is 14.2. The minimum absolute atomic E-state index is 0.00606. The van der Waals surface area contributed by atoms with Gasteiger partial charge in [0.2, 0.25) is 5.91 Å². The summed E-state index contributed by atoms with van der Waals surface area (Å²) in [5.41, 5.74) is 2.84. The first-order valence-corrected chi connectivity index (χ1v) is 8.53. The second kappa shape index (κ2) is 6.48. The van der Waals surface area contributed by atoms with E-state index in [0.29, 0.717) is 11.4 Å². The third-order valence-corrected chi connectivity index (χ3v) is 4.49. The van der Waals surface area contributed by atoms with Crippen molar-refractivity contribution in [3.8, 4) is 5.75 Å². The first kappa shape index (κ1) is 16.8. The number of hydrogen-bond acceptors (Lipinski definition) is 2. The van der Waals surface area contributed by atoms with E-state index in [1.54, 1.807) is 12.1 Å². The SMILES string of the molecule is Cc1ccc2c(c1)OC(C)(C)C[C@@H]2NC(=O)Cc1ccc(Cl)cc1. The number of hydrogen-bond donors (Lipinski definition) is 1. The third-order valence-electron chi connectivity index (χ3n) is 4.24. The lowest BCUT2D eigenvalue weighted by atomic mass is 9.89. The van der Waals surface area contributed by atoms with Gasteiger partial charge in [-0.2, -0.15) is 0 Å². The van der Waals surface area contributed by atoms with Crippen LogP contribution < -0.4 is 10.1 Å². The van der Waals surface area contributed by atoms with Crippen molar-refractivity contribution in [3.05, 3.63) is 64.2 Å². The molecule has 2 aromatic rings. The van der Waals surface area contributed by atoms with Crippen molar-refractivity contribution >= 4 is 17.5 Å². The minimum atomic E-state index is -0.307. The summed E-state index contributed by atoms with van der Waals surface area (Å²) >= 11 is 5.89. The van der Waals surface area contributed by atoms with Crippen molar-refractivity contribution in [2.45, 2.75) is 45.3 Å². The predicted molar refractivity (Wildman–Crippen MR) is 96.5 cm³/mol. The molecule has 0 aliphatic carbocycles. The summed E-state index contributed by atoms with van der Waals surface area (Å²) < 4.78 is 6.08. The Hall–Kier alpha value is -2.00. The Morgan fingerprint density at radius 2 is 1.96 bits per heavy atom. The monoisotopic (exact) mass is 343 g/mol. The van der Waals surface area contributed by atoms with Gasteiger partial charge in [-0.3, -0.25) is 4.79 Å². The highest BCUT2D eigenvalue weighted by Crippen LogP contribution is 2.39. The lowest BCUT2D eigenvalue weighted by Gasteiger charge is -2.38. The number of ether oxygens (including phenoxy) is 1. The molecule has 1 amide bonds. The number of nitrogens with one attached hydrogen (secondary N) is 1. The second-order valence-corrected chi connectivity index (χ2v) is 7.47. The van der Waals surface area contributed by atoms with Gasteiger partial charge in [-0.1, -0.05) is 35.9 Å². The Kier molecular flexibility index (Phi) is 4.55. The number of benzene rings is 2. The van der Waals surface area contributed by atoms with E-state index in [2.05, 4.69) is 25.2 Å². The van der Waals surface area contributed by atoms with Crippen LogP contribution in [0.5, 0.6) is 5.75 Å². The first-order chi connectivity index (χ1) is 11.3. The molecule has 0 fully saturated rings. The topological polar surface area (TPSA) is 38.3 Å². The van der Waals surface area contributed by atoms with Crippen molar-refractivity contribution in [2.24, 2.45) is 0 Å². The van der Waals surface area contributed by atoms with Crippen molar-refractivity contribution in [3.63, 3.8) is 0 Å². The average molecular weight is 344 g/mol. The molecule has 126 valence electrons. The van der Waals surface area contributed by atoms with E-state index < -0.39 is 0 Å². The Morgan fingerprint density at radius 3 is 2.67 bits per heavy atom. The van der Waals surface area contributed by atoms with Crippen molar-refractivity contribution in [1.82, 2.24) is 5.32 Å². The van der Waals surface area contributed by atoms with Crippen molar-refractivity contribution in [1.29, 1.82) is 0 Å². The molecular formula is C20H22ClNO2. The van der Waals surface area contributed by atoms with Gasteiger partial charge in [0.15, 0.2) is 0 Å². The highest BCUT2D eigenvalue weighted by Gasteiger charge is 2.34. The molecule has 0 unspecified atom stereocenters. The maximum atomic E-state index is 12.5. The molecule has 0 radical (unpaired) electrons. The zero-order chi connectivity index (χ0) is 17.3. The van der Waals surface area contributed by atoms with Gasteiger partial charge in [0, 0.05) is 17.0 Å². The fraction of sp³-hybridized carbons (Fsp3) is 0.350. The Morgan fingerprint density at radius 1 is 1.25 bits per heavy atom. The van der Waals surface area contributed by atoms with E-state index in [1.807, 2.05) is 31.2 Å². The summed E-state index contributed by atoms with van der Waals surface area (Å²) in [6.45, 7) is 6.15. The summed E-state index contributed by atoms with van der Waals surface area (Å²) in [5, 5.41) is 3.84. The van der Waals surface area contributed by atoms with Crippen LogP contribution in [0.25, 0.3) is 0 Å². The highest BCUT2D eigenvalue weighted by atomic mass is 35.5. The molecule has 0 saturated heterocycles. The van der Waals surface area contributed by atoms with Crippen LogP contribution in [0.3, 0.4) is 0 Å². The summed E-state index contributed by atoms with van der Waals surface area (Å²) in [7, 11) is 0. The van der Waals surface area contributed by atoms with E-state index in [4.69, 9.17) is 16.3 Å². The molecule has 1 aliphatic heterocycles. The lowest BCUT2D eigenvalue weighted by molar-refractivity contribution is -0.121. The zero-order valence-corrected chi connectivity index (χ0v) is 15.0. The van der Waals surface area contributed by atoms with Gasteiger partial charge in [-0.25, -0.2) is 0 Å². The molecule has 2 aromatic carbocycles. The van der Waals surface area contributed by atoms with Crippen molar-refractivity contribution < 1.29 is 9.53 Å². The number of rotatable bonds is 3. The summed E-state index contributed by atoms with van der Waals surface area (Å²) in [4.78, 5) is 12.5. The molecular weight excluding hydrogens is 322 g/mol. The number of carbonyl (C=O) groups is 1. The number of carbonyl (C=O) groups excluding carboxylic acids is 1. The molecule has 3 rings (SSSR count). The highest BCUT2D eigenvalue weighted by molar-refractivity contribution is 6.30. The number of aryl methyl sites for hydroxylation is 1. The van der Waals surface area contributed by atoms with Crippen LogP contribution in [0.1, 0.15) is 43.0 Å². The first-order valence-electron chi connectivity index (χ1n) is 8.16. The van der Waals surface area contributed by atoms with Crippen LogP contribution in [0, 0.1) is 6.92 Å². The Bertz CT molecular complexity index is 753. The van der Waals surface area contributed by atoms with E-state index in [-0.39, 0.29) is 17.6 Å². The third kappa shape index (κ3) is 3.90. The summed E-state index contributed by atoms with van der Waals surface area (Å²) in [5.74, 6) is 0.870. The normalized spacial score (nSPS) is 18.4. The number of amides is 1. The fourth-order valence-electron chi connectivity index (χ4n) is 3.12. The second-order valence-electron chi connectivity index (χ2n) is 7.03. The number of halogens is 1. The molecule has 0 saturated carbocycles.